The minimum atomic E-state index is -0.576. The molecule has 3 aromatic carbocycles. The van der Waals surface area contributed by atoms with E-state index in [0.717, 1.165) is 22.6 Å². The van der Waals surface area contributed by atoms with Crippen molar-refractivity contribution in [2.75, 3.05) is 11.4 Å². The maximum absolute atomic E-state index is 13.6. The van der Waals surface area contributed by atoms with E-state index >= 15 is 0 Å². The molecule has 1 N–H and O–H groups in total. The molecule has 0 radical (unpaired) electrons. The average Bonchev–Trinajstić information content (AvgIpc) is 2.81. The summed E-state index contributed by atoms with van der Waals surface area (Å²) in [5.74, 6) is -1.28. The number of anilines is 1. The van der Waals surface area contributed by atoms with Crippen LogP contribution in [-0.4, -0.2) is 23.6 Å². The van der Waals surface area contributed by atoms with Gasteiger partial charge >= 0.3 is 0 Å². The largest absolute Gasteiger partial charge is 0.355 e. The quantitative estimate of drug-likeness (QED) is 0.450. The van der Waals surface area contributed by atoms with E-state index in [1.807, 2.05) is 49.4 Å². The second-order valence-electron chi connectivity index (χ2n) is 8.49. The van der Waals surface area contributed by atoms with E-state index in [-0.39, 0.29) is 23.4 Å². The van der Waals surface area contributed by atoms with Gasteiger partial charge < -0.3 is 10.2 Å². The molecule has 2 atom stereocenters. The second kappa shape index (κ2) is 10.6. The Bertz CT molecular complexity index is 1220. The van der Waals surface area contributed by atoms with E-state index in [1.165, 1.54) is 29.5 Å². The second-order valence-corrected chi connectivity index (χ2v) is 10.1. The molecule has 176 valence electrons. The van der Waals surface area contributed by atoms with E-state index in [1.54, 1.807) is 17.9 Å². The molecule has 0 spiro atoms. The van der Waals surface area contributed by atoms with E-state index in [4.69, 9.17) is 11.6 Å². The van der Waals surface area contributed by atoms with E-state index < -0.39 is 17.0 Å². The van der Waals surface area contributed by atoms with Gasteiger partial charge in [-0.15, -0.1) is 11.8 Å². The Morgan fingerprint density at radius 1 is 1.15 bits per heavy atom. The Morgan fingerprint density at radius 3 is 2.71 bits per heavy atom. The Kier molecular flexibility index (Phi) is 7.59. The minimum absolute atomic E-state index is 0.155. The summed E-state index contributed by atoms with van der Waals surface area (Å²) in [6.45, 7) is 4.53. The fourth-order valence-electron chi connectivity index (χ4n) is 4.03. The maximum Gasteiger partial charge on any atom is 0.241 e. The van der Waals surface area contributed by atoms with Gasteiger partial charge in [-0.05, 0) is 48.7 Å². The number of carbonyl (C=O) groups is 2. The third-order valence-corrected chi connectivity index (χ3v) is 7.74. The molecule has 7 heteroatoms. The smallest absolute Gasteiger partial charge is 0.241 e. The molecule has 4 rings (SSSR count). The number of amides is 2. The highest BCUT2D eigenvalue weighted by Gasteiger charge is 2.39. The Balaban J connectivity index is 1.49. The van der Waals surface area contributed by atoms with Gasteiger partial charge in [-0.1, -0.05) is 66.6 Å². The third-order valence-electron chi connectivity index (χ3n) is 5.93. The highest BCUT2D eigenvalue weighted by molar-refractivity contribution is 8.01. The van der Waals surface area contributed by atoms with Crippen LogP contribution >= 0.6 is 23.4 Å². The maximum atomic E-state index is 13.6. The zero-order valence-electron chi connectivity index (χ0n) is 19.1. The Morgan fingerprint density at radius 2 is 1.94 bits per heavy atom. The van der Waals surface area contributed by atoms with Gasteiger partial charge in [0.15, 0.2) is 0 Å². The number of benzene rings is 3. The molecule has 3 aromatic rings. The lowest BCUT2D eigenvalue weighted by molar-refractivity contribution is -0.128. The molecule has 1 aliphatic rings. The summed E-state index contributed by atoms with van der Waals surface area (Å²) in [5, 5.41) is 2.68. The number of hydrogen-bond donors (Lipinski definition) is 1. The Hall–Kier alpha value is -2.83. The molecule has 0 aromatic heterocycles. The van der Waals surface area contributed by atoms with Crippen LogP contribution in [-0.2, 0) is 22.6 Å². The molecule has 2 amide bonds. The first-order chi connectivity index (χ1) is 16.3. The molecule has 1 heterocycles. The van der Waals surface area contributed by atoms with Crippen LogP contribution in [0, 0.1) is 18.7 Å². The van der Waals surface area contributed by atoms with Crippen LogP contribution in [0.5, 0.6) is 0 Å². The first kappa shape index (κ1) is 24.3. The first-order valence-electron chi connectivity index (χ1n) is 11.2. The lowest BCUT2D eigenvalue weighted by atomic mass is 10.0. The van der Waals surface area contributed by atoms with Crippen molar-refractivity contribution in [2.45, 2.75) is 37.0 Å². The number of fused-ring (bicyclic) bond motifs is 1. The summed E-state index contributed by atoms with van der Waals surface area (Å²) in [4.78, 5) is 29.1. The molecule has 34 heavy (non-hydrogen) atoms. The molecule has 0 bridgehead atoms. The molecular formula is C27H26ClFN2O2S. The molecule has 0 unspecified atom stereocenters. The summed E-state index contributed by atoms with van der Waals surface area (Å²) >= 11 is 7.65. The summed E-state index contributed by atoms with van der Waals surface area (Å²) in [5.41, 5.74) is 3.75. The zero-order valence-corrected chi connectivity index (χ0v) is 20.6. The fourth-order valence-corrected chi connectivity index (χ4v) is 5.55. The van der Waals surface area contributed by atoms with Gasteiger partial charge in [-0.2, -0.15) is 0 Å². The summed E-state index contributed by atoms with van der Waals surface area (Å²) in [7, 11) is 0. The predicted octanol–water partition coefficient (Wildman–Crippen LogP) is 5.79. The van der Waals surface area contributed by atoms with Crippen molar-refractivity contribution in [3.63, 3.8) is 0 Å². The van der Waals surface area contributed by atoms with E-state index in [2.05, 4.69) is 11.4 Å². The van der Waals surface area contributed by atoms with Crippen LogP contribution in [0.2, 0.25) is 5.02 Å². The molecule has 0 saturated heterocycles. The predicted molar refractivity (Wildman–Crippen MR) is 136 cm³/mol. The van der Waals surface area contributed by atoms with Gasteiger partial charge in [0.25, 0.3) is 0 Å². The van der Waals surface area contributed by atoms with Crippen molar-refractivity contribution in [1.82, 2.24) is 5.32 Å². The number of rotatable bonds is 7. The van der Waals surface area contributed by atoms with Crippen molar-refractivity contribution < 1.29 is 14.0 Å². The number of para-hydroxylation sites is 1. The van der Waals surface area contributed by atoms with Gasteiger partial charge in [0, 0.05) is 16.5 Å². The molecule has 0 aliphatic carbocycles. The van der Waals surface area contributed by atoms with Crippen molar-refractivity contribution >= 4 is 40.9 Å². The molecule has 4 nitrogen and oxygen atoms in total. The Labute approximate surface area is 208 Å². The SMILES string of the molecule is Cc1cccc(CCNC(=O)[C@H](C)[C@@H]2Sc3ccccc3N(Cc3ccc(F)cc3Cl)C2=O)c1. The number of thioether (sulfide) groups is 1. The van der Waals surface area contributed by atoms with Crippen LogP contribution in [0.15, 0.2) is 71.6 Å². The summed E-state index contributed by atoms with van der Waals surface area (Å²) < 4.78 is 13.5. The molecular weight excluding hydrogens is 471 g/mol. The molecule has 0 saturated carbocycles. The van der Waals surface area contributed by atoms with E-state index in [0.29, 0.717) is 12.1 Å². The lowest BCUT2D eigenvalue weighted by Crippen LogP contribution is -2.47. The van der Waals surface area contributed by atoms with Gasteiger partial charge in [-0.3, -0.25) is 9.59 Å². The topological polar surface area (TPSA) is 49.4 Å². The zero-order chi connectivity index (χ0) is 24.2. The highest BCUT2D eigenvalue weighted by Crippen LogP contribution is 2.42. The number of nitrogens with one attached hydrogen (secondary N) is 1. The van der Waals surface area contributed by atoms with Crippen LogP contribution in [0.1, 0.15) is 23.6 Å². The van der Waals surface area contributed by atoms with Crippen molar-refractivity contribution in [2.24, 2.45) is 5.92 Å². The third kappa shape index (κ3) is 5.45. The number of hydrogen-bond acceptors (Lipinski definition) is 3. The normalized spacial score (nSPS) is 16.2. The van der Waals surface area contributed by atoms with Crippen LogP contribution in [0.25, 0.3) is 0 Å². The van der Waals surface area contributed by atoms with Crippen LogP contribution in [0.4, 0.5) is 10.1 Å². The molecule has 1 aliphatic heterocycles. The fraction of sp³-hybridized carbons (Fsp3) is 0.259. The molecule has 0 fully saturated rings. The van der Waals surface area contributed by atoms with Crippen molar-refractivity contribution in [3.05, 3.63) is 94.3 Å². The van der Waals surface area contributed by atoms with E-state index in [9.17, 15) is 14.0 Å². The minimum Gasteiger partial charge on any atom is -0.355 e. The number of halogens is 2. The number of aryl methyl sites for hydroxylation is 1. The van der Waals surface area contributed by atoms with Gasteiger partial charge in [-0.25, -0.2) is 4.39 Å². The average molecular weight is 497 g/mol. The first-order valence-corrected chi connectivity index (χ1v) is 12.4. The van der Waals surface area contributed by atoms with Crippen molar-refractivity contribution in [3.8, 4) is 0 Å². The van der Waals surface area contributed by atoms with Crippen LogP contribution in [0.3, 0.4) is 0 Å². The van der Waals surface area contributed by atoms with Gasteiger partial charge in [0.05, 0.1) is 18.2 Å². The summed E-state index contributed by atoms with van der Waals surface area (Å²) in [6, 6.07) is 20.0. The van der Waals surface area contributed by atoms with Crippen molar-refractivity contribution in [1.29, 1.82) is 0 Å². The van der Waals surface area contributed by atoms with Crippen LogP contribution < -0.4 is 10.2 Å². The number of carbonyl (C=O) groups excluding carboxylic acids is 2. The summed E-state index contributed by atoms with van der Waals surface area (Å²) in [6.07, 6.45) is 0.726. The standard InChI is InChI=1S/C27H26ClFN2O2S/c1-17-6-5-7-19(14-17)12-13-30-26(32)18(2)25-27(33)31(23-8-3-4-9-24(23)34-25)16-20-10-11-21(29)15-22(20)28/h3-11,14-15,18,25H,12-13,16H2,1-2H3,(H,30,32)/t18-,25+/m1/s1. The highest BCUT2D eigenvalue weighted by atomic mass is 35.5. The monoisotopic (exact) mass is 496 g/mol. The lowest BCUT2D eigenvalue weighted by Gasteiger charge is -2.36. The van der Waals surface area contributed by atoms with Gasteiger partial charge in [0.2, 0.25) is 11.8 Å². The number of nitrogens with zero attached hydrogens (tertiary/aromatic N) is 1. The van der Waals surface area contributed by atoms with Gasteiger partial charge in [0.1, 0.15) is 11.1 Å².